The summed E-state index contributed by atoms with van der Waals surface area (Å²) in [6.45, 7) is 2.05. The van der Waals surface area contributed by atoms with Crippen LogP contribution < -0.4 is 0 Å². The molecule has 0 unspecified atom stereocenters. The van der Waals surface area contributed by atoms with E-state index in [1.165, 1.54) is 11.6 Å². The molecular weight excluding hydrogens is 207 g/mol. The zero-order chi connectivity index (χ0) is 8.27. The highest BCUT2D eigenvalue weighted by Gasteiger charge is 1.98. The lowest BCUT2D eigenvalue weighted by Crippen LogP contribution is -1.81. The van der Waals surface area contributed by atoms with Crippen molar-refractivity contribution in [3.05, 3.63) is 34.1 Å². The molecule has 0 atom stereocenters. The fourth-order valence-electron chi connectivity index (χ4n) is 0.978. The highest BCUT2D eigenvalue weighted by Crippen LogP contribution is 2.20. The minimum Gasteiger partial charge on any atom is -0.207 e. The monoisotopic (exact) mass is 216 g/mol. The second-order valence-electron chi connectivity index (χ2n) is 2.65. The van der Waals surface area contributed by atoms with Gasteiger partial charge in [-0.1, -0.05) is 21.5 Å². The Morgan fingerprint density at radius 3 is 2.91 bits per heavy atom. The highest BCUT2D eigenvalue weighted by atomic mass is 79.9. The predicted octanol–water partition coefficient (Wildman–Crippen LogP) is 3.86. The molecule has 0 fully saturated rings. The standard InChI is InChI=1S/C9H10BrF/c1-7-3-2-4-9(11)6-8(10)5-7/h4-6H,2-3H2,1H3. The molecule has 60 valence electrons. The minimum atomic E-state index is -0.152. The van der Waals surface area contributed by atoms with Crippen LogP contribution in [0.2, 0.25) is 0 Å². The van der Waals surface area contributed by atoms with Crippen molar-refractivity contribution < 1.29 is 4.39 Å². The van der Waals surface area contributed by atoms with Gasteiger partial charge in [0.1, 0.15) is 5.83 Å². The molecule has 0 N–H and O–H groups in total. The van der Waals surface area contributed by atoms with E-state index in [0.717, 1.165) is 17.3 Å². The Hall–Kier alpha value is -0.370. The van der Waals surface area contributed by atoms with Gasteiger partial charge < -0.3 is 0 Å². The van der Waals surface area contributed by atoms with Crippen molar-refractivity contribution >= 4 is 15.9 Å². The van der Waals surface area contributed by atoms with Crippen LogP contribution in [0.4, 0.5) is 4.39 Å². The summed E-state index contributed by atoms with van der Waals surface area (Å²) in [7, 11) is 0. The fraction of sp³-hybridized carbons (Fsp3) is 0.333. The molecule has 11 heavy (non-hydrogen) atoms. The van der Waals surface area contributed by atoms with Crippen LogP contribution in [0.15, 0.2) is 34.1 Å². The van der Waals surface area contributed by atoms with Gasteiger partial charge in [-0.05, 0) is 38.0 Å². The van der Waals surface area contributed by atoms with E-state index < -0.39 is 0 Å². The fourth-order valence-corrected chi connectivity index (χ4v) is 1.59. The summed E-state index contributed by atoms with van der Waals surface area (Å²) in [5.41, 5.74) is 1.27. The second kappa shape index (κ2) is 3.86. The summed E-state index contributed by atoms with van der Waals surface area (Å²) in [6.07, 6.45) is 6.79. The minimum absolute atomic E-state index is 0.152. The zero-order valence-electron chi connectivity index (χ0n) is 6.40. The Bertz CT molecular complexity index is 236. The largest absolute Gasteiger partial charge is 0.207 e. The maximum Gasteiger partial charge on any atom is 0.120 e. The van der Waals surface area contributed by atoms with Crippen LogP contribution in [0.3, 0.4) is 0 Å². The van der Waals surface area contributed by atoms with E-state index in [1.807, 2.05) is 13.0 Å². The van der Waals surface area contributed by atoms with Crippen molar-refractivity contribution in [3.63, 3.8) is 0 Å². The molecule has 0 aromatic heterocycles. The Morgan fingerprint density at radius 1 is 1.45 bits per heavy atom. The summed E-state index contributed by atoms with van der Waals surface area (Å²) in [5.74, 6) is -0.152. The zero-order valence-corrected chi connectivity index (χ0v) is 7.99. The van der Waals surface area contributed by atoms with Crippen LogP contribution in [0.25, 0.3) is 0 Å². The lowest BCUT2D eigenvalue weighted by Gasteiger charge is -2.01. The Kier molecular flexibility index (Phi) is 3.06. The topological polar surface area (TPSA) is 0 Å². The molecule has 1 aliphatic carbocycles. The third-order valence-corrected chi connectivity index (χ3v) is 2.00. The van der Waals surface area contributed by atoms with Crippen LogP contribution in [0.5, 0.6) is 0 Å². The van der Waals surface area contributed by atoms with E-state index >= 15 is 0 Å². The molecule has 0 heterocycles. The lowest BCUT2D eigenvalue weighted by molar-refractivity contribution is 0.657. The van der Waals surface area contributed by atoms with Crippen molar-refractivity contribution in [1.82, 2.24) is 0 Å². The maximum absolute atomic E-state index is 12.7. The van der Waals surface area contributed by atoms with Gasteiger partial charge in [-0.3, -0.25) is 0 Å². The van der Waals surface area contributed by atoms with Crippen molar-refractivity contribution in [3.8, 4) is 0 Å². The molecule has 0 aliphatic heterocycles. The molecule has 0 saturated heterocycles. The molecule has 0 saturated carbocycles. The normalized spacial score (nSPS) is 19.4. The molecule has 0 bridgehead atoms. The predicted molar refractivity (Wildman–Crippen MR) is 49.2 cm³/mol. The van der Waals surface area contributed by atoms with Crippen LogP contribution >= 0.6 is 15.9 Å². The highest BCUT2D eigenvalue weighted by molar-refractivity contribution is 9.11. The maximum atomic E-state index is 12.7. The van der Waals surface area contributed by atoms with Crippen molar-refractivity contribution in [2.24, 2.45) is 0 Å². The molecule has 0 spiro atoms. The third kappa shape index (κ3) is 3.02. The number of rotatable bonds is 0. The molecule has 0 nitrogen and oxygen atoms in total. The van der Waals surface area contributed by atoms with Crippen molar-refractivity contribution in [1.29, 1.82) is 0 Å². The average molecular weight is 217 g/mol. The van der Waals surface area contributed by atoms with E-state index in [4.69, 9.17) is 0 Å². The van der Waals surface area contributed by atoms with Crippen molar-refractivity contribution in [2.45, 2.75) is 19.8 Å². The molecule has 1 rings (SSSR count). The van der Waals surface area contributed by atoms with Gasteiger partial charge in [0.05, 0.1) is 0 Å². The molecule has 0 aromatic rings. The van der Waals surface area contributed by atoms with E-state index in [2.05, 4.69) is 15.9 Å². The lowest BCUT2D eigenvalue weighted by atomic mass is 10.1. The Morgan fingerprint density at radius 2 is 2.18 bits per heavy atom. The molecule has 1 aliphatic rings. The quantitative estimate of drug-likeness (QED) is 0.577. The number of allylic oxidation sites excluding steroid dienone is 6. The molecule has 0 aromatic carbocycles. The van der Waals surface area contributed by atoms with Gasteiger partial charge in [-0.25, -0.2) is 4.39 Å². The van der Waals surface area contributed by atoms with E-state index in [9.17, 15) is 4.39 Å². The van der Waals surface area contributed by atoms with Crippen LogP contribution in [0.1, 0.15) is 19.8 Å². The molecular formula is C9H10BrF. The summed E-state index contributed by atoms with van der Waals surface area (Å²) in [6, 6.07) is 0. The summed E-state index contributed by atoms with van der Waals surface area (Å²) < 4.78 is 13.5. The van der Waals surface area contributed by atoms with Crippen LogP contribution in [-0.4, -0.2) is 0 Å². The van der Waals surface area contributed by atoms with E-state index in [0.29, 0.717) is 0 Å². The smallest absolute Gasteiger partial charge is 0.120 e. The van der Waals surface area contributed by atoms with Crippen molar-refractivity contribution in [2.75, 3.05) is 0 Å². The average Bonchev–Trinajstić information content (AvgIpc) is 1.83. The number of halogens is 2. The van der Waals surface area contributed by atoms with Gasteiger partial charge in [0.2, 0.25) is 0 Å². The van der Waals surface area contributed by atoms with E-state index in [-0.39, 0.29) is 5.83 Å². The van der Waals surface area contributed by atoms with Gasteiger partial charge in [-0.15, -0.1) is 0 Å². The van der Waals surface area contributed by atoms with Gasteiger partial charge in [0, 0.05) is 4.48 Å². The van der Waals surface area contributed by atoms with Gasteiger partial charge in [0.15, 0.2) is 0 Å². The van der Waals surface area contributed by atoms with E-state index in [1.54, 1.807) is 6.08 Å². The first-order valence-electron chi connectivity index (χ1n) is 3.58. The third-order valence-electron chi connectivity index (χ3n) is 1.54. The van der Waals surface area contributed by atoms with Gasteiger partial charge in [0.25, 0.3) is 0 Å². The Balaban J connectivity index is 2.87. The molecule has 0 amide bonds. The first-order valence-corrected chi connectivity index (χ1v) is 4.38. The first-order chi connectivity index (χ1) is 5.18. The molecule has 2 heteroatoms. The number of hydrogen-bond acceptors (Lipinski definition) is 0. The summed E-state index contributed by atoms with van der Waals surface area (Å²) >= 11 is 3.26. The first kappa shape index (κ1) is 8.72. The summed E-state index contributed by atoms with van der Waals surface area (Å²) in [4.78, 5) is 0. The second-order valence-corrected chi connectivity index (χ2v) is 3.56. The van der Waals surface area contributed by atoms with Gasteiger partial charge in [-0.2, -0.15) is 0 Å². The van der Waals surface area contributed by atoms with Crippen LogP contribution in [0, 0.1) is 0 Å². The SMILES string of the molecule is CC1=CC(Br)=CC(F)=CCC1. The summed E-state index contributed by atoms with van der Waals surface area (Å²) in [5, 5.41) is 0. The van der Waals surface area contributed by atoms with Gasteiger partial charge >= 0.3 is 0 Å². The number of hydrogen-bond donors (Lipinski definition) is 0. The van der Waals surface area contributed by atoms with Crippen LogP contribution in [-0.2, 0) is 0 Å². The molecule has 0 radical (unpaired) electrons. The Labute approximate surface area is 74.6 Å².